The minimum Gasteiger partial charge on any atom is -0.325 e. The number of amides is 1. The number of rotatable bonds is 6. The molecule has 2 rings (SSSR count). The molecule has 1 aromatic carbocycles. The van der Waals surface area contributed by atoms with Gasteiger partial charge < -0.3 is 5.32 Å². The predicted octanol–water partition coefficient (Wildman–Crippen LogP) is 3.11. The fourth-order valence-electron chi connectivity index (χ4n) is 1.88. The van der Waals surface area contributed by atoms with E-state index in [1.807, 2.05) is 38.1 Å². The maximum absolute atomic E-state index is 12.0. The second-order valence-electron chi connectivity index (χ2n) is 5.61. The Morgan fingerprint density at radius 2 is 1.91 bits per heavy atom. The maximum atomic E-state index is 12.0. The van der Waals surface area contributed by atoms with Crippen LogP contribution in [0.5, 0.6) is 0 Å². The topological polar surface area (TPSA) is 72.7 Å². The van der Waals surface area contributed by atoms with Crippen molar-refractivity contribution in [3.8, 4) is 0 Å². The van der Waals surface area contributed by atoms with Crippen molar-refractivity contribution in [1.29, 1.82) is 0 Å². The van der Waals surface area contributed by atoms with Crippen LogP contribution < -0.4 is 5.32 Å². The first-order valence-electron chi connectivity index (χ1n) is 7.28. The highest BCUT2D eigenvalue weighted by atomic mass is 32.2. The van der Waals surface area contributed by atoms with Gasteiger partial charge in [-0.3, -0.25) is 4.79 Å². The van der Waals surface area contributed by atoms with E-state index < -0.39 is 0 Å². The van der Waals surface area contributed by atoms with Crippen LogP contribution in [0.25, 0.3) is 0 Å². The monoisotopic (exact) mass is 319 g/mol. The molecule has 1 aromatic heterocycles. The van der Waals surface area contributed by atoms with Gasteiger partial charge in [0, 0.05) is 5.69 Å². The number of hydrogen-bond acceptors (Lipinski definition) is 5. The van der Waals surface area contributed by atoms with Crippen LogP contribution in [0.2, 0.25) is 0 Å². The summed E-state index contributed by atoms with van der Waals surface area (Å²) in [6.07, 6.45) is 0. The number of carbonyl (C=O) groups excluding carboxylic acids is 1. The summed E-state index contributed by atoms with van der Waals surface area (Å²) in [7, 11) is 0. The molecule has 22 heavy (non-hydrogen) atoms. The van der Waals surface area contributed by atoms with Gasteiger partial charge in [-0.15, -0.1) is 5.10 Å². The number of nitrogens with zero attached hydrogens (tertiary/aromatic N) is 4. The van der Waals surface area contributed by atoms with E-state index in [0.717, 1.165) is 5.69 Å². The van der Waals surface area contributed by atoms with Crippen molar-refractivity contribution < 1.29 is 4.79 Å². The lowest BCUT2D eigenvalue weighted by atomic mass is 10.0. The minimum absolute atomic E-state index is 0.0689. The van der Waals surface area contributed by atoms with Crippen LogP contribution in [-0.4, -0.2) is 31.9 Å². The molecule has 0 radical (unpaired) electrons. The Balaban J connectivity index is 1.89. The molecule has 0 aliphatic rings. The average molecular weight is 319 g/mol. The number of aromatic nitrogens is 4. The lowest BCUT2D eigenvalue weighted by Crippen LogP contribution is -2.15. The van der Waals surface area contributed by atoms with Gasteiger partial charge in [0.25, 0.3) is 0 Å². The molecule has 6 nitrogen and oxygen atoms in total. The highest BCUT2D eigenvalue weighted by Crippen LogP contribution is 2.19. The minimum atomic E-state index is -0.0689. The third-order valence-corrected chi connectivity index (χ3v) is 4.08. The molecule has 0 aliphatic heterocycles. The van der Waals surface area contributed by atoms with Crippen LogP contribution in [-0.2, 0) is 4.79 Å². The third kappa shape index (κ3) is 4.30. The van der Waals surface area contributed by atoms with E-state index in [0.29, 0.717) is 11.1 Å². The van der Waals surface area contributed by atoms with Crippen molar-refractivity contribution >= 4 is 23.4 Å². The molecule has 0 aliphatic carbocycles. The fourth-order valence-corrected chi connectivity index (χ4v) is 2.69. The molecule has 1 heterocycles. The molecule has 7 heteroatoms. The zero-order chi connectivity index (χ0) is 16.1. The Morgan fingerprint density at radius 3 is 2.50 bits per heavy atom. The Hall–Kier alpha value is -1.89. The lowest BCUT2D eigenvalue weighted by Gasteiger charge is -2.09. The van der Waals surface area contributed by atoms with E-state index in [1.165, 1.54) is 17.3 Å². The largest absolute Gasteiger partial charge is 0.325 e. The zero-order valence-electron chi connectivity index (χ0n) is 13.3. The number of anilines is 1. The average Bonchev–Trinajstić information content (AvgIpc) is 2.94. The zero-order valence-corrected chi connectivity index (χ0v) is 14.1. The molecule has 0 saturated heterocycles. The van der Waals surface area contributed by atoms with E-state index in [4.69, 9.17) is 0 Å². The summed E-state index contributed by atoms with van der Waals surface area (Å²) in [6.45, 7) is 8.28. The number of nitrogens with one attached hydrogen (secondary N) is 1. The van der Waals surface area contributed by atoms with Crippen LogP contribution in [0.1, 0.15) is 45.2 Å². The molecular weight excluding hydrogens is 298 g/mol. The van der Waals surface area contributed by atoms with Crippen LogP contribution >= 0.6 is 11.8 Å². The first kappa shape index (κ1) is 16.5. The van der Waals surface area contributed by atoms with Crippen LogP contribution in [0.3, 0.4) is 0 Å². The number of carbonyl (C=O) groups is 1. The van der Waals surface area contributed by atoms with E-state index >= 15 is 0 Å². The molecule has 0 bridgehead atoms. The summed E-state index contributed by atoms with van der Waals surface area (Å²) < 4.78 is 1.70. The van der Waals surface area contributed by atoms with Crippen molar-refractivity contribution in [3.05, 3.63) is 29.8 Å². The number of tetrazole rings is 1. The maximum Gasteiger partial charge on any atom is 0.234 e. The molecule has 118 valence electrons. The molecule has 1 amide bonds. The highest BCUT2D eigenvalue weighted by molar-refractivity contribution is 7.99. The molecule has 0 unspecified atom stereocenters. The Morgan fingerprint density at radius 1 is 1.23 bits per heavy atom. The van der Waals surface area contributed by atoms with Gasteiger partial charge in [-0.1, -0.05) is 37.7 Å². The SMILES string of the molecule is CC(C)c1ccc(NC(=O)CSc2nnnn2C(C)C)cc1. The van der Waals surface area contributed by atoms with E-state index in [-0.39, 0.29) is 17.7 Å². The molecule has 0 spiro atoms. The van der Waals surface area contributed by atoms with Gasteiger partial charge in [-0.2, -0.15) is 0 Å². The molecule has 0 fully saturated rings. The lowest BCUT2D eigenvalue weighted by molar-refractivity contribution is -0.113. The number of thioether (sulfide) groups is 1. The van der Waals surface area contributed by atoms with Crippen molar-refractivity contribution in [2.75, 3.05) is 11.1 Å². The summed E-state index contributed by atoms with van der Waals surface area (Å²) in [4.78, 5) is 12.0. The van der Waals surface area contributed by atoms with E-state index in [9.17, 15) is 4.79 Å². The standard InChI is InChI=1S/C15H21N5OS/c1-10(2)12-5-7-13(8-6-12)16-14(21)9-22-15-17-18-19-20(15)11(3)4/h5-8,10-11H,9H2,1-4H3,(H,16,21). The van der Waals surface area contributed by atoms with Crippen molar-refractivity contribution in [3.63, 3.8) is 0 Å². The summed E-state index contributed by atoms with van der Waals surface area (Å²) in [5.41, 5.74) is 2.06. The first-order chi connectivity index (χ1) is 10.5. The highest BCUT2D eigenvalue weighted by Gasteiger charge is 2.12. The Kier molecular flexibility index (Phi) is 5.54. The predicted molar refractivity (Wildman–Crippen MR) is 88.1 cm³/mol. The Labute approximate surface area is 134 Å². The normalized spacial score (nSPS) is 11.2. The van der Waals surface area contributed by atoms with Crippen molar-refractivity contribution in [2.45, 2.75) is 44.8 Å². The van der Waals surface area contributed by atoms with E-state index in [1.54, 1.807) is 4.68 Å². The van der Waals surface area contributed by atoms with Gasteiger partial charge in [0.05, 0.1) is 11.8 Å². The van der Waals surface area contributed by atoms with Crippen molar-refractivity contribution in [1.82, 2.24) is 20.2 Å². The Bertz CT molecular complexity index is 621. The smallest absolute Gasteiger partial charge is 0.234 e. The third-order valence-electron chi connectivity index (χ3n) is 3.15. The number of benzene rings is 1. The second kappa shape index (κ2) is 7.40. The fraction of sp³-hybridized carbons (Fsp3) is 0.467. The molecule has 2 aromatic rings. The molecule has 1 N–H and O–H groups in total. The quantitative estimate of drug-likeness (QED) is 0.828. The molecular formula is C15H21N5OS. The number of hydrogen-bond donors (Lipinski definition) is 1. The first-order valence-corrected chi connectivity index (χ1v) is 8.26. The molecule has 0 saturated carbocycles. The van der Waals surface area contributed by atoms with Gasteiger partial charge in [0.15, 0.2) is 0 Å². The van der Waals surface area contributed by atoms with Crippen LogP contribution in [0.15, 0.2) is 29.4 Å². The van der Waals surface area contributed by atoms with Gasteiger partial charge in [-0.05, 0) is 47.9 Å². The second-order valence-corrected chi connectivity index (χ2v) is 6.56. The van der Waals surface area contributed by atoms with E-state index in [2.05, 4.69) is 34.7 Å². The summed E-state index contributed by atoms with van der Waals surface area (Å²) in [6, 6.07) is 8.09. The van der Waals surface area contributed by atoms with Gasteiger partial charge >= 0.3 is 0 Å². The summed E-state index contributed by atoms with van der Waals surface area (Å²) in [5, 5.41) is 15.0. The van der Waals surface area contributed by atoms with Crippen LogP contribution in [0.4, 0.5) is 5.69 Å². The van der Waals surface area contributed by atoms with Crippen molar-refractivity contribution in [2.24, 2.45) is 0 Å². The summed E-state index contributed by atoms with van der Waals surface area (Å²) >= 11 is 1.33. The van der Waals surface area contributed by atoms with Gasteiger partial charge in [-0.25, -0.2) is 4.68 Å². The van der Waals surface area contributed by atoms with Gasteiger partial charge in [0.2, 0.25) is 11.1 Å². The van der Waals surface area contributed by atoms with Gasteiger partial charge in [0.1, 0.15) is 0 Å². The van der Waals surface area contributed by atoms with Crippen LogP contribution in [0, 0.1) is 0 Å². The molecule has 0 atom stereocenters. The summed E-state index contributed by atoms with van der Waals surface area (Å²) in [5.74, 6) is 0.690.